The molecule has 2 rings (SSSR count). The molecule has 0 saturated heterocycles. The Labute approximate surface area is 130 Å². The molecule has 0 saturated carbocycles. The molecule has 0 unspecified atom stereocenters. The number of hydrogen-bond donors (Lipinski definition) is 1. The maximum absolute atomic E-state index is 8.93. The van der Waals surface area contributed by atoms with Crippen molar-refractivity contribution in [2.75, 3.05) is 14.1 Å². The third-order valence-electron chi connectivity index (χ3n) is 3.26. The molecule has 22 heavy (non-hydrogen) atoms. The van der Waals surface area contributed by atoms with Crippen molar-refractivity contribution in [3.8, 4) is 6.07 Å². The van der Waals surface area contributed by atoms with Crippen LogP contribution in [0.2, 0.25) is 0 Å². The van der Waals surface area contributed by atoms with Gasteiger partial charge in [-0.15, -0.1) is 0 Å². The monoisotopic (exact) mass is 296 g/mol. The topological polar surface area (TPSA) is 69.2 Å². The first-order valence-electron chi connectivity index (χ1n) is 7.00. The lowest BCUT2D eigenvalue weighted by molar-refractivity contribution is 0.476. The quantitative estimate of drug-likeness (QED) is 0.686. The van der Waals surface area contributed by atoms with Crippen LogP contribution in [-0.2, 0) is 20.1 Å². The van der Waals surface area contributed by atoms with Gasteiger partial charge in [-0.1, -0.05) is 12.1 Å². The van der Waals surface area contributed by atoms with E-state index in [9.17, 15) is 0 Å². The van der Waals surface area contributed by atoms with Crippen molar-refractivity contribution < 1.29 is 0 Å². The number of guanidine groups is 1. The minimum Gasteiger partial charge on any atom is -0.352 e. The van der Waals surface area contributed by atoms with E-state index in [1.807, 2.05) is 49.6 Å². The third kappa shape index (κ3) is 4.09. The fraction of sp³-hybridized carbons (Fsp3) is 0.312. The van der Waals surface area contributed by atoms with Gasteiger partial charge in [-0.2, -0.15) is 10.4 Å². The van der Waals surface area contributed by atoms with Crippen LogP contribution in [0.3, 0.4) is 0 Å². The van der Waals surface area contributed by atoms with Gasteiger partial charge < -0.3 is 10.2 Å². The minimum absolute atomic E-state index is 0.625. The minimum atomic E-state index is 0.625. The number of nitrogens with one attached hydrogen (secondary N) is 1. The Kier molecular flexibility index (Phi) is 5.15. The normalized spacial score (nSPS) is 11.1. The van der Waals surface area contributed by atoms with E-state index in [1.54, 1.807) is 17.8 Å². The summed E-state index contributed by atoms with van der Waals surface area (Å²) < 4.78 is 1.78. The summed E-state index contributed by atoms with van der Waals surface area (Å²) >= 11 is 0. The molecule has 0 aliphatic carbocycles. The summed E-state index contributed by atoms with van der Waals surface area (Å²) in [6, 6.07) is 9.70. The molecule has 0 aliphatic rings. The lowest BCUT2D eigenvalue weighted by atomic mass is 10.1. The predicted octanol–water partition coefficient (Wildman–Crippen LogP) is 1.50. The van der Waals surface area contributed by atoms with Gasteiger partial charge in [0.15, 0.2) is 5.96 Å². The standard InChI is InChI=1S/C16H20N6/c1-18-16(21(2)11-15-10-20-22(3)12-15)19-9-14-6-4-5-13(7-14)8-17/h4-7,10,12H,9,11H2,1-3H3,(H,18,19). The van der Waals surface area contributed by atoms with Gasteiger partial charge in [0.25, 0.3) is 0 Å². The zero-order valence-corrected chi connectivity index (χ0v) is 13.1. The predicted molar refractivity (Wildman–Crippen MR) is 86.0 cm³/mol. The molecule has 0 amide bonds. The Morgan fingerprint density at radius 1 is 1.45 bits per heavy atom. The number of aliphatic imine (C=N–C) groups is 1. The second-order valence-corrected chi connectivity index (χ2v) is 5.09. The van der Waals surface area contributed by atoms with Crippen LogP contribution >= 0.6 is 0 Å². The number of hydrogen-bond acceptors (Lipinski definition) is 3. The van der Waals surface area contributed by atoms with E-state index in [4.69, 9.17) is 5.26 Å². The number of aryl methyl sites for hydroxylation is 1. The smallest absolute Gasteiger partial charge is 0.193 e. The summed E-state index contributed by atoms with van der Waals surface area (Å²) in [7, 11) is 5.64. The first-order valence-corrected chi connectivity index (χ1v) is 7.00. The number of nitriles is 1. The van der Waals surface area contributed by atoms with Gasteiger partial charge >= 0.3 is 0 Å². The second-order valence-electron chi connectivity index (χ2n) is 5.09. The molecular formula is C16H20N6. The Balaban J connectivity index is 1.95. The maximum Gasteiger partial charge on any atom is 0.193 e. The van der Waals surface area contributed by atoms with Gasteiger partial charge in [-0.3, -0.25) is 9.67 Å². The van der Waals surface area contributed by atoms with Gasteiger partial charge in [0, 0.05) is 46.0 Å². The van der Waals surface area contributed by atoms with Crippen molar-refractivity contribution in [1.29, 1.82) is 5.26 Å². The summed E-state index contributed by atoms with van der Waals surface area (Å²) in [6.45, 7) is 1.35. The second kappa shape index (κ2) is 7.27. The zero-order chi connectivity index (χ0) is 15.9. The molecule has 114 valence electrons. The summed E-state index contributed by atoms with van der Waals surface area (Å²) in [5, 5.41) is 16.4. The van der Waals surface area contributed by atoms with Crippen molar-refractivity contribution in [3.05, 3.63) is 53.3 Å². The molecule has 0 aliphatic heterocycles. The van der Waals surface area contributed by atoms with Crippen molar-refractivity contribution in [2.24, 2.45) is 12.0 Å². The summed E-state index contributed by atoms with van der Waals surface area (Å²) in [5.74, 6) is 0.797. The summed E-state index contributed by atoms with van der Waals surface area (Å²) in [6.07, 6.45) is 3.83. The molecule has 0 spiro atoms. The van der Waals surface area contributed by atoms with Crippen LogP contribution in [0.4, 0.5) is 0 Å². The van der Waals surface area contributed by atoms with Gasteiger partial charge in [-0.05, 0) is 17.7 Å². The summed E-state index contributed by atoms with van der Waals surface area (Å²) in [5.41, 5.74) is 2.84. The van der Waals surface area contributed by atoms with E-state index in [2.05, 4.69) is 21.5 Å². The van der Waals surface area contributed by atoms with Crippen molar-refractivity contribution in [1.82, 2.24) is 20.0 Å². The highest BCUT2D eigenvalue weighted by Gasteiger charge is 2.07. The number of benzene rings is 1. The van der Waals surface area contributed by atoms with Gasteiger partial charge in [0.2, 0.25) is 0 Å². The fourth-order valence-electron chi connectivity index (χ4n) is 2.22. The van der Waals surface area contributed by atoms with E-state index >= 15 is 0 Å². The van der Waals surface area contributed by atoms with Crippen molar-refractivity contribution in [2.45, 2.75) is 13.1 Å². The average Bonchev–Trinajstić information content (AvgIpc) is 2.93. The van der Waals surface area contributed by atoms with Gasteiger partial charge in [0.1, 0.15) is 0 Å². The molecule has 6 heteroatoms. The molecule has 1 heterocycles. The lowest BCUT2D eigenvalue weighted by Gasteiger charge is -2.21. The molecule has 1 N–H and O–H groups in total. The van der Waals surface area contributed by atoms with Crippen LogP contribution in [0.5, 0.6) is 0 Å². The van der Waals surface area contributed by atoms with E-state index < -0.39 is 0 Å². The van der Waals surface area contributed by atoms with E-state index in [-0.39, 0.29) is 0 Å². The molecule has 0 radical (unpaired) electrons. The van der Waals surface area contributed by atoms with Crippen LogP contribution < -0.4 is 5.32 Å². The SMILES string of the molecule is CN=C(NCc1cccc(C#N)c1)N(C)Cc1cnn(C)c1. The van der Waals surface area contributed by atoms with Gasteiger partial charge in [0.05, 0.1) is 17.8 Å². The highest BCUT2D eigenvalue weighted by Crippen LogP contribution is 2.05. The lowest BCUT2D eigenvalue weighted by Crippen LogP contribution is -2.37. The average molecular weight is 296 g/mol. The van der Waals surface area contributed by atoms with Crippen LogP contribution in [0.15, 0.2) is 41.7 Å². The fourth-order valence-corrected chi connectivity index (χ4v) is 2.22. The largest absolute Gasteiger partial charge is 0.352 e. The number of rotatable bonds is 4. The van der Waals surface area contributed by atoms with Crippen LogP contribution in [0.1, 0.15) is 16.7 Å². The van der Waals surface area contributed by atoms with E-state index in [1.165, 1.54) is 0 Å². The summed E-state index contributed by atoms with van der Waals surface area (Å²) in [4.78, 5) is 6.32. The van der Waals surface area contributed by atoms with E-state index in [0.29, 0.717) is 12.1 Å². The third-order valence-corrected chi connectivity index (χ3v) is 3.26. The first kappa shape index (κ1) is 15.6. The maximum atomic E-state index is 8.93. The van der Waals surface area contributed by atoms with Gasteiger partial charge in [-0.25, -0.2) is 0 Å². The molecule has 0 bridgehead atoms. The molecule has 1 aromatic heterocycles. The Hall–Kier alpha value is -2.81. The van der Waals surface area contributed by atoms with Crippen LogP contribution in [0.25, 0.3) is 0 Å². The van der Waals surface area contributed by atoms with E-state index in [0.717, 1.165) is 23.6 Å². The van der Waals surface area contributed by atoms with Crippen molar-refractivity contribution >= 4 is 5.96 Å². The molecular weight excluding hydrogens is 276 g/mol. The number of nitrogens with zero attached hydrogens (tertiary/aromatic N) is 5. The molecule has 2 aromatic rings. The Morgan fingerprint density at radius 3 is 2.91 bits per heavy atom. The first-order chi connectivity index (χ1) is 10.6. The Morgan fingerprint density at radius 2 is 2.27 bits per heavy atom. The van der Waals surface area contributed by atoms with Crippen LogP contribution in [0, 0.1) is 11.3 Å². The van der Waals surface area contributed by atoms with Crippen LogP contribution in [-0.4, -0.2) is 34.7 Å². The molecule has 6 nitrogen and oxygen atoms in total. The molecule has 0 fully saturated rings. The molecule has 1 aromatic carbocycles. The zero-order valence-electron chi connectivity index (χ0n) is 13.1. The number of aromatic nitrogens is 2. The Bertz CT molecular complexity index is 695. The van der Waals surface area contributed by atoms with Crippen molar-refractivity contribution in [3.63, 3.8) is 0 Å². The highest BCUT2D eigenvalue weighted by atomic mass is 15.3. The highest BCUT2D eigenvalue weighted by molar-refractivity contribution is 5.79. The molecule has 0 atom stereocenters.